The number of guanidine groups is 1. The number of piperidine rings is 1. The van der Waals surface area contributed by atoms with Crippen molar-refractivity contribution in [1.29, 1.82) is 0 Å². The molecular formula is C20H32IN5OS. The first-order valence-electron chi connectivity index (χ1n) is 9.71. The predicted octanol–water partition coefficient (Wildman–Crippen LogP) is 4.11. The Morgan fingerprint density at radius 1 is 1.39 bits per heavy atom. The number of likely N-dealkylation sites (tertiary alicyclic amines) is 1. The number of aryl methyl sites for hydroxylation is 2. The lowest BCUT2D eigenvalue weighted by molar-refractivity contribution is 0.164. The highest BCUT2D eigenvalue weighted by molar-refractivity contribution is 14.0. The first-order chi connectivity index (χ1) is 13.0. The topological polar surface area (TPSA) is 65.7 Å². The molecule has 8 heteroatoms. The molecule has 2 aromatic rings. The molecule has 0 aliphatic carbocycles. The van der Waals surface area contributed by atoms with Crippen LogP contribution >= 0.6 is 35.3 Å². The van der Waals surface area contributed by atoms with E-state index in [1.165, 1.54) is 17.7 Å². The molecule has 1 unspecified atom stereocenters. The number of halogens is 1. The van der Waals surface area contributed by atoms with Crippen molar-refractivity contribution in [3.05, 3.63) is 39.7 Å². The molecule has 3 rings (SSSR count). The van der Waals surface area contributed by atoms with Gasteiger partial charge in [0.15, 0.2) is 5.96 Å². The lowest BCUT2D eigenvalue weighted by Gasteiger charge is -2.31. The number of rotatable bonds is 6. The fourth-order valence-electron chi connectivity index (χ4n) is 3.40. The van der Waals surface area contributed by atoms with E-state index in [9.17, 15) is 0 Å². The van der Waals surface area contributed by atoms with Gasteiger partial charge in [-0.25, -0.2) is 4.98 Å². The lowest BCUT2D eigenvalue weighted by atomic mass is 9.97. The number of nitrogens with one attached hydrogen (secondary N) is 2. The molecule has 3 heterocycles. The van der Waals surface area contributed by atoms with Gasteiger partial charge in [0.1, 0.15) is 5.76 Å². The summed E-state index contributed by atoms with van der Waals surface area (Å²) >= 11 is 1.77. The zero-order valence-electron chi connectivity index (χ0n) is 17.2. The average Bonchev–Trinajstić information content (AvgIpc) is 3.30. The van der Waals surface area contributed by atoms with Crippen LogP contribution in [-0.4, -0.2) is 42.5 Å². The lowest BCUT2D eigenvalue weighted by Crippen LogP contribution is -2.43. The van der Waals surface area contributed by atoms with Crippen LogP contribution in [0.5, 0.6) is 0 Å². The summed E-state index contributed by atoms with van der Waals surface area (Å²) in [6, 6.07) is 4.51. The second kappa shape index (κ2) is 11.2. The zero-order valence-corrected chi connectivity index (χ0v) is 20.3. The minimum absolute atomic E-state index is 0. The van der Waals surface area contributed by atoms with E-state index in [4.69, 9.17) is 4.42 Å². The highest BCUT2D eigenvalue weighted by atomic mass is 127. The van der Waals surface area contributed by atoms with Gasteiger partial charge >= 0.3 is 0 Å². The van der Waals surface area contributed by atoms with E-state index in [1.807, 2.05) is 20.9 Å². The molecule has 1 atom stereocenters. The minimum atomic E-state index is 0. The molecule has 0 saturated carbocycles. The smallest absolute Gasteiger partial charge is 0.208 e. The largest absolute Gasteiger partial charge is 0.444 e. The van der Waals surface area contributed by atoms with Crippen LogP contribution in [0.3, 0.4) is 0 Å². The SMILES string of the molecule is CN=C(NCC1CCN(Cc2nc(C)c(C)o2)CC1)NC(C)c1cccs1.I. The van der Waals surface area contributed by atoms with Gasteiger partial charge < -0.3 is 15.1 Å². The van der Waals surface area contributed by atoms with Crippen molar-refractivity contribution in [2.45, 2.75) is 46.2 Å². The first-order valence-corrected chi connectivity index (χ1v) is 10.6. The summed E-state index contributed by atoms with van der Waals surface area (Å²) < 4.78 is 5.72. The Bertz CT molecular complexity index is 718. The molecule has 0 aromatic carbocycles. The number of hydrogen-bond acceptors (Lipinski definition) is 5. The van der Waals surface area contributed by atoms with E-state index in [-0.39, 0.29) is 30.0 Å². The standard InChI is InChI=1S/C20H31N5OS.HI/c1-14-16(3)26-19(23-14)13-25-9-7-17(8-10-25)12-22-20(21-4)24-15(2)18-6-5-11-27-18;/h5-6,11,15,17H,7-10,12-13H2,1-4H3,(H2,21,22,24);1H. The summed E-state index contributed by atoms with van der Waals surface area (Å²) in [6.07, 6.45) is 2.37. The van der Waals surface area contributed by atoms with Crippen LogP contribution in [0, 0.1) is 19.8 Å². The summed E-state index contributed by atoms with van der Waals surface area (Å²) in [7, 11) is 1.83. The van der Waals surface area contributed by atoms with Crippen molar-refractivity contribution in [3.63, 3.8) is 0 Å². The summed E-state index contributed by atoms with van der Waals surface area (Å²) in [5.74, 6) is 3.32. The van der Waals surface area contributed by atoms with Crippen molar-refractivity contribution < 1.29 is 4.42 Å². The van der Waals surface area contributed by atoms with E-state index in [1.54, 1.807) is 11.3 Å². The molecular weight excluding hydrogens is 485 g/mol. The molecule has 28 heavy (non-hydrogen) atoms. The normalized spacial score (nSPS) is 17.2. The van der Waals surface area contributed by atoms with Crippen LogP contribution in [0.4, 0.5) is 0 Å². The van der Waals surface area contributed by atoms with Gasteiger partial charge in [-0.2, -0.15) is 0 Å². The maximum absolute atomic E-state index is 5.72. The van der Waals surface area contributed by atoms with Gasteiger partial charge in [-0.15, -0.1) is 35.3 Å². The van der Waals surface area contributed by atoms with Crippen LogP contribution in [0.1, 0.15) is 48.0 Å². The van der Waals surface area contributed by atoms with E-state index in [2.05, 4.69) is 49.9 Å². The van der Waals surface area contributed by atoms with E-state index < -0.39 is 0 Å². The quantitative estimate of drug-likeness (QED) is 0.343. The molecule has 1 saturated heterocycles. The van der Waals surface area contributed by atoms with Gasteiger partial charge in [0.2, 0.25) is 5.89 Å². The predicted molar refractivity (Wildman–Crippen MR) is 127 cm³/mol. The fourth-order valence-corrected chi connectivity index (χ4v) is 4.13. The molecule has 156 valence electrons. The highest BCUT2D eigenvalue weighted by Gasteiger charge is 2.21. The average molecular weight is 517 g/mol. The number of hydrogen-bond donors (Lipinski definition) is 2. The second-order valence-electron chi connectivity index (χ2n) is 7.30. The number of nitrogens with zero attached hydrogens (tertiary/aromatic N) is 3. The summed E-state index contributed by atoms with van der Waals surface area (Å²) in [6.45, 7) is 10.1. The Balaban J connectivity index is 0.00000280. The van der Waals surface area contributed by atoms with E-state index in [0.29, 0.717) is 5.92 Å². The third-order valence-corrected chi connectivity index (χ3v) is 6.30. The maximum atomic E-state index is 5.72. The van der Waals surface area contributed by atoms with Crippen LogP contribution < -0.4 is 10.6 Å². The Morgan fingerprint density at radius 2 is 2.14 bits per heavy atom. The molecule has 6 nitrogen and oxygen atoms in total. The molecule has 1 aliphatic rings. The molecule has 0 spiro atoms. The second-order valence-corrected chi connectivity index (χ2v) is 8.28. The van der Waals surface area contributed by atoms with Crippen LogP contribution in [-0.2, 0) is 6.54 Å². The Hall–Kier alpha value is -1.13. The van der Waals surface area contributed by atoms with Crippen molar-refractivity contribution in [2.24, 2.45) is 10.9 Å². The Kier molecular flexibility index (Phi) is 9.23. The van der Waals surface area contributed by atoms with Crippen molar-refractivity contribution in [1.82, 2.24) is 20.5 Å². The van der Waals surface area contributed by atoms with E-state index >= 15 is 0 Å². The fraction of sp³-hybridized carbons (Fsp3) is 0.600. The maximum Gasteiger partial charge on any atom is 0.208 e. The molecule has 1 fully saturated rings. The van der Waals surface area contributed by atoms with Gasteiger partial charge in [-0.3, -0.25) is 9.89 Å². The number of aromatic nitrogens is 1. The zero-order chi connectivity index (χ0) is 19.2. The third kappa shape index (κ3) is 6.45. The van der Waals surface area contributed by atoms with Crippen molar-refractivity contribution >= 4 is 41.3 Å². The summed E-state index contributed by atoms with van der Waals surface area (Å²) in [5, 5.41) is 9.09. The summed E-state index contributed by atoms with van der Waals surface area (Å²) in [4.78, 5) is 12.6. The van der Waals surface area contributed by atoms with Gasteiger partial charge in [0, 0.05) is 18.5 Å². The molecule has 2 aromatic heterocycles. The molecule has 0 radical (unpaired) electrons. The summed E-state index contributed by atoms with van der Waals surface area (Å²) in [5.41, 5.74) is 1.000. The van der Waals surface area contributed by atoms with Crippen LogP contribution in [0.25, 0.3) is 0 Å². The third-order valence-electron chi connectivity index (χ3n) is 5.24. The Labute approximate surface area is 189 Å². The van der Waals surface area contributed by atoms with Gasteiger partial charge in [0.25, 0.3) is 0 Å². The number of aliphatic imine (C=N–C) groups is 1. The molecule has 2 N–H and O–H groups in total. The molecule has 0 amide bonds. The van der Waals surface area contributed by atoms with Gasteiger partial charge in [-0.1, -0.05) is 6.07 Å². The van der Waals surface area contributed by atoms with Gasteiger partial charge in [-0.05, 0) is 64.1 Å². The molecule has 0 bridgehead atoms. The highest BCUT2D eigenvalue weighted by Crippen LogP contribution is 2.20. The number of oxazole rings is 1. The minimum Gasteiger partial charge on any atom is -0.444 e. The van der Waals surface area contributed by atoms with Crippen molar-refractivity contribution in [2.75, 3.05) is 26.7 Å². The Morgan fingerprint density at radius 3 is 2.71 bits per heavy atom. The van der Waals surface area contributed by atoms with Crippen molar-refractivity contribution in [3.8, 4) is 0 Å². The molecule has 1 aliphatic heterocycles. The number of thiophene rings is 1. The first kappa shape index (κ1) is 23.2. The van der Waals surface area contributed by atoms with Gasteiger partial charge in [0.05, 0.1) is 18.3 Å². The van der Waals surface area contributed by atoms with Crippen LogP contribution in [0.15, 0.2) is 26.9 Å². The van der Waals surface area contributed by atoms with Crippen LogP contribution in [0.2, 0.25) is 0 Å². The van der Waals surface area contributed by atoms with E-state index in [0.717, 1.165) is 49.5 Å². The monoisotopic (exact) mass is 517 g/mol.